The first kappa shape index (κ1) is 21.1. The fourth-order valence-corrected chi connectivity index (χ4v) is 3.69. The number of hydrogen-bond acceptors (Lipinski definition) is 5. The van der Waals surface area contributed by atoms with E-state index in [9.17, 15) is 0 Å². The van der Waals surface area contributed by atoms with Crippen molar-refractivity contribution in [3.05, 3.63) is 36.4 Å². The maximum absolute atomic E-state index is 6.35. The average molecular weight is 398 g/mol. The van der Waals surface area contributed by atoms with Crippen molar-refractivity contribution in [1.82, 2.24) is 0 Å². The van der Waals surface area contributed by atoms with Crippen LogP contribution in [0.5, 0.6) is 23.0 Å². The topological polar surface area (TPSA) is 62.9 Å². The van der Waals surface area contributed by atoms with Gasteiger partial charge >= 0.3 is 0 Å². The van der Waals surface area contributed by atoms with Gasteiger partial charge in [-0.1, -0.05) is 19.3 Å². The zero-order valence-electron chi connectivity index (χ0n) is 17.6. The van der Waals surface area contributed by atoms with Crippen molar-refractivity contribution in [1.29, 1.82) is 0 Å². The third kappa shape index (κ3) is 4.67. The number of methoxy groups -OCH3 is 3. The molecule has 0 amide bonds. The number of rotatable bonds is 11. The molecule has 3 aromatic rings. The number of nitrogens with two attached hydrogens (primary N) is 1. The lowest BCUT2D eigenvalue weighted by atomic mass is 10.00. The van der Waals surface area contributed by atoms with Gasteiger partial charge < -0.3 is 24.7 Å². The highest BCUT2D eigenvalue weighted by molar-refractivity contribution is 6.10. The zero-order chi connectivity index (χ0) is 20.6. The van der Waals surface area contributed by atoms with Crippen molar-refractivity contribution in [2.75, 3.05) is 34.5 Å². The molecule has 0 bridgehead atoms. The van der Waals surface area contributed by atoms with Crippen LogP contribution in [0.4, 0.5) is 0 Å². The van der Waals surface area contributed by atoms with Crippen LogP contribution in [0.15, 0.2) is 36.4 Å². The molecule has 0 atom stereocenters. The smallest absolute Gasteiger partial charge is 0.138 e. The Morgan fingerprint density at radius 3 is 2.17 bits per heavy atom. The van der Waals surface area contributed by atoms with Crippen LogP contribution in [0, 0.1) is 0 Å². The second-order valence-electron chi connectivity index (χ2n) is 7.09. The molecule has 5 nitrogen and oxygen atoms in total. The summed E-state index contributed by atoms with van der Waals surface area (Å²) < 4.78 is 23.0. The number of benzene rings is 3. The summed E-state index contributed by atoms with van der Waals surface area (Å²) in [5, 5.41) is 3.98. The molecule has 0 aromatic heterocycles. The Kier molecular flexibility index (Phi) is 7.42. The molecule has 0 spiro atoms. The summed E-state index contributed by atoms with van der Waals surface area (Å²) >= 11 is 0. The highest BCUT2D eigenvalue weighted by Crippen LogP contribution is 2.44. The Balaban J connectivity index is 2.00. The van der Waals surface area contributed by atoms with Crippen molar-refractivity contribution < 1.29 is 18.9 Å². The second kappa shape index (κ2) is 10.2. The molecule has 156 valence electrons. The van der Waals surface area contributed by atoms with Gasteiger partial charge in [-0.25, -0.2) is 0 Å². The third-order valence-electron chi connectivity index (χ3n) is 5.23. The maximum atomic E-state index is 6.35. The molecule has 0 aliphatic rings. The van der Waals surface area contributed by atoms with Crippen LogP contribution in [0.3, 0.4) is 0 Å². The van der Waals surface area contributed by atoms with E-state index in [4.69, 9.17) is 24.7 Å². The number of fused-ring (bicyclic) bond motifs is 2. The van der Waals surface area contributed by atoms with Crippen LogP contribution in [-0.2, 0) is 0 Å². The summed E-state index contributed by atoms with van der Waals surface area (Å²) in [7, 11) is 5.04. The Hall–Kier alpha value is -2.66. The third-order valence-corrected chi connectivity index (χ3v) is 5.23. The Morgan fingerprint density at radius 1 is 0.724 bits per heavy atom. The Labute approximate surface area is 172 Å². The molecule has 3 rings (SSSR count). The normalized spacial score (nSPS) is 11.0. The van der Waals surface area contributed by atoms with Crippen molar-refractivity contribution >= 4 is 21.5 Å². The van der Waals surface area contributed by atoms with Crippen LogP contribution in [0.2, 0.25) is 0 Å². The minimum atomic E-state index is 0.656. The van der Waals surface area contributed by atoms with E-state index in [1.54, 1.807) is 21.3 Å². The molecule has 0 heterocycles. The number of hydrogen-bond donors (Lipinski definition) is 1. The van der Waals surface area contributed by atoms with Crippen LogP contribution >= 0.6 is 0 Å². The monoisotopic (exact) mass is 397 g/mol. The summed E-state index contributed by atoms with van der Waals surface area (Å²) in [6.07, 6.45) is 5.60. The predicted molar refractivity (Wildman–Crippen MR) is 119 cm³/mol. The van der Waals surface area contributed by atoms with Gasteiger partial charge in [-0.3, -0.25) is 0 Å². The number of unbranched alkanes of at least 4 members (excludes halogenated alkanes) is 4. The highest BCUT2D eigenvalue weighted by Gasteiger charge is 2.17. The van der Waals surface area contributed by atoms with Gasteiger partial charge in [0.2, 0.25) is 0 Å². The Morgan fingerprint density at radius 2 is 1.45 bits per heavy atom. The van der Waals surface area contributed by atoms with E-state index >= 15 is 0 Å². The second-order valence-corrected chi connectivity index (χ2v) is 7.09. The first-order valence-electron chi connectivity index (χ1n) is 10.2. The molecule has 29 heavy (non-hydrogen) atoms. The molecule has 0 fully saturated rings. The van der Waals surface area contributed by atoms with E-state index in [1.165, 1.54) is 12.8 Å². The van der Waals surface area contributed by atoms with E-state index < -0.39 is 0 Å². The molecular weight excluding hydrogens is 366 g/mol. The van der Waals surface area contributed by atoms with Gasteiger partial charge in [-0.05, 0) is 61.2 Å². The SMILES string of the molecule is COc1ccc2c(OCCCCCCCN)c3c(OC)ccc(OC)c3cc2c1. The first-order chi connectivity index (χ1) is 14.2. The van der Waals surface area contributed by atoms with Crippen LogP contribution in [0.25, 0.3) is 21.5 Å². The van der Waals surface area contributed by atoms with Crippen LogP contribution in [-0.4, -0.2) is 34.5 Å². The van der Waals surface area contributed by atoms with E-state index in [2.05, 4.69) is 6.07 Å². The van der Waals surface area contributed by atoms with E-state index in [1.807, 2.05) is 30.3 Å². The summed E-state index contributed by atoms with van der Waals surface area (Å²) in [6.45, 7) is 1.42. The van der Waals surface area contributed by atoms with Gasteiger partial charge in [0.15, 0.2) is 0 Å². The molecule has 0 radical (unpaired) electrons. The van der Waals surface area contributed by atoms with Crippen molar-refractivity contribution in [2.45, 2.75) is 32.1 Å². The van der Waals surface area contributed by atoms with Gasteiger partial charge in [-0.2, -0.15) is 0 Å². The van der Waals surface area contributed by atoms with Crippen molar-refractivity contribution in [3.8, 4) is 23.0 Å². The van der Waals surface area contributed by atoms with E-state index in [-0.39, 0.29) is 0 Å². The Bertz CT molecular complexity index is 955. The fraction of sp³-hybridized carbons (Fsp3) is 0.417. The fourth-order valence-electron chi connectivity index (χ4n) is 3.69. The molecule has 0 aliphatic heterocycles. The largest absolute Gasteiger partial charge is 0.497 e. The molecule has 3 aromatic carbocycles. The van der Waals surface area contributed by atoms with Gasteiger partial charge in [0.05, 0.1) is 33.3 Å². The molecule has 0 saturated heterocycles. The summed E-state index contributed by atoms with van der Waals surface area (Å²) in [4.78, 5) is 0. The molecule has 0 unspecified atom stereocenters. The van der Waals surface area contributed by atoms with Crippen molar-refractivity contribution in [3.63, 3.8) is 0 Å². The molecular formula is C24H31NO4. The summed E-state index contributed by atoms with van der Waals surface area (Å²) in [6, 6.07) is 12.0. The van der Waals surface area contributed by atoms with E-state index in [0.29, 0.717) is 6.61 Å². The van der Waals surface area contributed by atoms with Gasteiger partial charge in [-0.15, -0.1) is 0 Å². The lowest BCUT2D eigenvalue weighted by Crippen LogP contribution is -2.01. The highest BCUT2D eigenvalue weighted by atomic mass is 16.5. The van der Waals surface area contributed by atoms with Crippen LogP contribution < -0.4 is 24.7 Å². The molecule has 0 saturated carbocycles. The van der Waals surface area contributed by atoms with Crippen molar-refractivity contribution in [2.24, 2.45) is 5.73 Å². The molecule has 2 N–H and O–H groups in total. The van der Waals surface area contributed by atoms with Gasteiger partial charge in [0.25, 0.3) is 0 Å². The van der Waals surface area contributed by atoms with Crippen LogP contribution in [0.1, 0.15) is 32.1 Å². The summed E-state index contributed by atoms with van der Waals surface area (Å²) in [5.41, 5.74) is 5.57. The minimum absolute atomic E-state index is 0.656. The first-order valence-corrected chi connectivity index (χ1v) is 10.2. The number of ether oxygens (including phenoxy) is 4. The lowest BCUT2D eigenvalue weighted by Gasteiger charge is -2.17. The van der Waals surface area contributed by atoms with Gasteiger partial charge in [0.1, 0.15) is 23.0 Å². The minimum Gasteiger partial charge on any atom is -0.497 e. The molecule has 5 heteroatoms. The average Bonchev–Trinajstić information content (AvgIpc) is 2.76. The quantitative estimate of drug-likeness (QED) is 0.351. The zero-order valence-corrected chi connectivity index (χ0v) is 17.6. The lowest BCUT2D eigenvalue weighted by molar-refractivity contribution is 0.310. The molecule has 0 aliphatic carbocycles. The van der Waals surface area contributed by atoms with E-state index in [0.717, 1.165) is 70.4 Å². The predicted octanol–water partition coefficient (Wildman–Crippen LogP) is 5.31. The van der Waals surface area contributed by atoms with Gasteiger partial charge in [0, 0.05) is 10.8 Å². The summed E-state index contributed by atoms with van der Waals surface area (Å²) in [5.74, 6) is 3.20. The maximum Gasteiger partial charge on any atom is 0.138 e. The standard InChI is InChI=1S/C24H31NO4/c1-26-18-9-10-19-17(15-18)16-20-21(27-2)11-12-22(28-3)23(20)24(19)29-14-8-6-4-5-7-13-25/h9-12,15-16H,4-8,13-14,25H2,1-3H3.